The lowest BCUT2D eigenvalue weighted by atomic mass is 9.48. The number of nitrogens with one attached hydrogen (secondary N) is 1. The monoisotopic (exact) mass is 364 g/mol. The number of aromatic nitrogens is 2. The number of fused-ring (bicyclic) bond motifs is 1. The average molecular weight is 364 g/mol. The number of rotatable bonds is 4. The summed E-state index contributed by atoms with van der Waals surface area (Å²) in [6.45, 7) is 2.12. The zero-order valence-corrected chi connectivity index (χ0v) is 16.2. The molecule has 0 radical (unpaired) electrons. The van der Waals surface area contributed by atoms with Crippen LogP contribution in [0.4, 0.5) is 5.95 Å². The van der Waals surface area contributed by atoms with E-state index in [9.17, 15) is 4.79 Å². The minimum atomic E-state index is -0.0444. The first-order valence-corrected chi connectivity index (χ1v) is 10.3. The minimum Gasteiger partial charge on any atom is -0.280 e. The molecule has 0 amide bonds. The van der Waals surface area contributed by atoms with Crippen molar-refractivity contribution in [3.63, 3.8) is 0 Å². The van der Waals surface area contributed by atoms with Crippen LogP contribution in [0.1, 0.15) is 51.9 Å². The highest BCUT2D eigenvalue weighted by Gasteiger charge is 2.50. The summed E-state index contributed by atoms with van der Waals surface area (Å²) >= 11 is 0. The van der Waals surface area contributed by atoms with Gasteiger partial charge in [-0.3, -0.25) is 9.36 Å². The van der Waals surface area contributed by atoms with Crippen molar-refractivity contribution < 1.29 is 0 Å². The summed E-state index contributed by atoms with van der Waals surface area (Å²) in [5, 5.41) is 5.26. The molecule has 1 heterocycles. The van der Waals surface area contributed by atoms with Crippen molar-refractivity contribution in [3.05, 3.63) is 34.6 Å². The maximum atomic E-state index is 12.5. The lowest BCUT2D eigenvalue weighted by Crippen LogP contribution is -2.46. The van der Waals surface area contributed by atoms with Gasteiger partial charge in [-0.25, -0.2) is 10.4 Å². The molecular weight excluding hydrogens is 336 g/mol. The standard InChI is InChI=1S/C22H28N4O/c1-14(10-22-11-15-7-16(12-22)9-17(8-15)13-22)24-25-21-23-19-6-4-3-5-18(19)20(27)26(21)2/h3-6,15-17H,7-13H2,1-2H3,(H,23,25)/b24-14+. The van der Waals surface area contributed by atoms with Gasteiger partial charge in [-0.2, -0.15) is 5.10 Å². The average Bonchev–Trinajstić information content (AvgIpc) is 2.62. The number of benzene rings is 1. The molecule has 0 spiro atoms. The summed E-state index contributed by atoms with van der Waals surface area (Å²) in [5.41, 5.74) is 5.33. The first kappa shape index (κ1) is 17.0. The highest BCUT2D eigenvalue weighted by atomic mass is 16.1. The van der Waals surface area contributed by atoms with Gasteiger partial charge in [0.25, 0.3) is 5.56 Å². The molecule has 4 fully saturated rings. The van der Waals surface area contributed by atoms with E-state index in [1.54, 1.807) is 11.6 Å². The quantitative estimate of drug-likeness (QED) is 0.649. The van der Waals surface area contributed by atoms with Crippen LogP contribution in [0.5, 0.6) is 0 Å². The normalized spacial score (nSPS) is 32.2. The number of nitrogens with zero attached hydrogens (tertiary/aromatic N) is 3. The van der Waals surface area contributed by atoms with Crippen LogP contribution in [-0.2, 0) is 7.05 Å². The van der Waals surface area contributed by atoms with Gasteiger partial charge in [-0.15, -0.1) is 0 Å². The van der Waals surface area contributed by atoms with Gasteiger partial charge >= 0.3 is 0 Å². The molecule has 1 aromatic carbocycles. The van der Waals surface area contributed by atoms with E-state index in [0.29, 0.717) is 22.3 Å². The van der Waals surface area contributed by atoms with E-state index in [0.717, 1.165) is 29.9 Å². The van der Waals surface area contributed by atoms with E-state index in [1.807, 2.05) is 24.3 Å². The number of hydrazone groups is 1. The zero-order chi connectivity index (χ0) is 18.6. The minimum absolute atomic E-state index is 0.0444. The van der Waals surface area contributed by atoms with Crippen LogP contribution >= 0.6 is 0 Å². The van der Waals surface area contributed by atoms with Gasteiger partial charge < -0.3 is 0 Å². The zero-order valence-electron chi connectivity index (χ0n) is 16.2. The Morgan fingerprint density at radius 3 is 2.48 bits per heavy atom. The van der Waals surface area contributed by atoms with Crippen LogP contribution in [0.2, 0.25) is 0 Å². The van der Waals surface area contributed by atoms with Gasteiger partial charge in [-0.05, 0) is 87.2 Å². The second kappa shape index (κ2) is 6.18. The highest BCUT2D eigenvalue weighted by molar-refractivity contribution is 5.83. The summed E-state index contributed by atoms with van der Waals surface area (Å²) in [5.74, 6) is 3.38. The topological polar surface area (TPSA) is 59.3 Å². The summed E-state index contributed by atoms with van der Waals surface area (Å²) in [6, 6.07) is 7.45. The molecule has 5 nitrogen and oxygen atoms in total. The first-order chi connectivity index (χ1) is 13.0. The third-order valence-electron chi connectivity index (χ3n) is 7.13. The molecule has 1 N–H and O–H groups in total. The number of hydrogen-bond donors (Lipinski definition) is 1. The number of hydrogen-bond acceptors (Lipinski definition) is 4. The first-order valence-electron chi connectivity index (χ1n) is 10.3. The molecule has 27 heavy (non-hydrogen) atoms. The largest absolute Gasteiger partial charge is 0.280 e. The third-order valence-corrected chi connectivity index (χ3v) is 7.13. The van der Waals surface area contributed by atoms with Crippen LogP contribution in [-0.4, -0.2) is 15.3 Å². The Morgan fingerprint density at radius 1 is 1.19 bits per heavy atom. The van der Waals surface area contributed by atoms with Crippen molar-refractivity contribution in [1.29, 1.82) is 0 Å². The molecule has 1 aromatic heterocycles. The second-order valence-electron chi connectivity index (χ2n) is 9.37. The molecule has 142 valence electrons. The molecule has 4 saturated carbocycles. The molecule has 4 bridgehead atoms. The molecule has 4 aliphatic carbocycles. The maximum absolute atomic E-state index is 12.5. The van der Waals surface area contributed by atoms with Gasteiger partial charge in [-0.1, -0.05) is 12.1 Å². The predicted molar refractivity (Wildman–Crippen MR) is 109 cm³/mol. The van der Waals surface area contributed by atoms with E-state index in [-0.39, 0.29) is 5.56 Å². The van der Waals surface area contributed by atoms with Crippen molar-refractivity contribution in [1.82, 2.24) is 9.55 Å². The Morgan fingerprint density at radius 2 is 1.81 bits per heavy atom. The van der Waals surface area contributed by atoms with Crippen LogP contribution in [0, 0.1) is 23.2 Å². The molecule has 0 aliphatic heterocycles. The third kappa shape index (κ3) is 2.97. The Bertz CT molecular complexity index is 939. The molecule has 0 unspecified atom stereocenters. The van der Waals surface area contributed by atoms with E-state index in [2.05, 4.69) is 22.4 Å². The fourth-order valence-corrected chi connectivity index (χ4v) is 6.55. The van der Waals surface area contributed by atoms with E-state index in [1.165, 1.54) is 38.5 Å². The summed E-state index contributed by atoms with van der Waals surface area (Å²) in [6.07, 6.45) is 9.64. The Labute approximate surface area is 159 Å². The molecule has 4 aliphatic rings. The molecule has 6 rings (SSSR count). The van der Waals surface area contributed by atoms with Crippen molar-refractivity contribution in [2.45, 2.75) is 51.9 Å². The van der Waals surface area contributed by atoms with Crippen molar-refractivity contribution in [3.8, 4) is 0 Å². The maximum Gasteiger partial charge on any atom is 0.262 e. The van der Waals surface area contributed by atoms with Crippen molar-refractivity contribution in [2.75, 3.05) is 5.43 Å². The number of anilines is 1. The van der Waals surface area contributed by atoms with Crippen LogP contribution in [0.3, 0.4) is 0 Å². The molecule has 2 aromatic rings. The fourth-order valence-electron chi connectivity index (χ4n) is 6.55. The predicted octanol–water partition coefficient (Wildman–Crippen LogP) is 4.33. The lowest BCUT2D eigenvalue weighted by molar-refractivity contribution is -0.0482. The summed E-state index contributed by atoms with van der Waals surface area (Å²) in [7, 11) is 1.74. The fraction of sp³-hybridized carbons (Fsp3) is 0.591. The van der Waals surface area contributed by atoms with Gasteiger partial charge in [0.15, 0.2) is 0 Å². The Hall–Kier alpha value is -2.17. The van der Waals surface area contributed by atoms with Crippen molar-refractivity contribution in [2.24, 2.45) is 35.3 Å². The molecular formula is C22H28N4O. The Balaban J connectivity index is 1.36. The lowest BCUT2D eigenvalue weighted by Gasteiger charge is -2.57. The summed E-state index contributed by atoms with van der Waals surface area (Å²) < 4.78 is 1.55. The smallest absolute Gasteiger partial charge is 0.262 e. The highest BCUT2D eigenvalue weighted by Crippen LogP contribution is 2.61. The van der Waals surface area contributed by atoms with Crippen molar-refractivity contribution >= 4 is 22.6 Å². The Kier molecular flexibility index (Phi) is 3.88. The molecule has 0 atom stereocenters. The molecule has 5 heteroatoms. The van der Waals surface area contributed by atoms with Crippen LogP contribution in [0.25, 0.3) is 10.9 Å². The van der Waals surface area contributed by atoms with Gasteiger partial charge in [0.1, 0.15) is 0 Å². The number of para-hydroxylation sites is 1. The van der Waals surface area contributed by atoms with E-state index in [4.69, 9.17) is 0 Å². The van der Waals surface area contributed by atoms with Crippen LogP contribution < -0.4 is 11.0 Å². The van der Waals surface area contributed by atoms with Crippen LogP contribution in [0.15, 0.2) is 34.2 Å². The van der Waals surface area contributed by atoms with Gasteiger partial charge in [0.2, 0.25) is 5.95 Å². The SMILES string of the molecule is C/C(CC12CC3CC(CC(C3)C1)C2)=N\Nc1nc2ccccc2c(=O)n1C. The van der Waals surface area contributed by atoms with E-state index < -0.39 is 0 Å². The molecule has 0 saturated heterocycles. The van der Waals surface area contributed by atoms with Gasteiger partial charge in [0, 0.05) is 12.8 Å². The second-order valence-corrected chi connectivity index (χ2v) is 9.37. The van der Waals surface area contributed by atoms with Gasteiger partial charge in [0.05, 0.1) is 10.9 Å². The van der Waals surface area contributed by atoms with E-state index >= 15 is 0 Å². The summed E-state index contributed by atoms with van der Waals surface area (Å²) in [4.78, 5) is 17.1.